The van der Waals surface area contributed by atoms with Gasteiger partial charge >= 0.3 is 0 Å². The van der Waals surface area contributed by atoms with Gasteiger partial charge in [-0.1, -0.05) is 28.8 Å². The van der Waals surface area contributed by atoms with Crippen molar-refractivity contribution in [1.82, 2.24) is 5.32 Å². The van der Waals surface area contributed by atoms with E-state index in [2.05, 4.69) is 21.2 Å². The zero-order chi connectivity index (χ0) is 17.9. The van der Waals surface area contributed by atoms with Crippen LogP contribution in [0.2, 0.25) is 0 Å². The monoisotopic (exact) mass is 405 g/mol. The molecule has 0 aromatic heterocycles. The summed E-state index contributed by atoms with van der Waals surface area (Å²) in [6.07, 6.45) is 4.29. The summed E-state index contributed by atoms with van der Waals surface area (Å²) in [6, 6.07) is 14.7. The minimum atomic E-state index is 0.00976. The van der Waals surface area contributed by atoms with E-state index in [1.807, 2.05) is 36.4 Å². The van der Waals surface area contributed by atoms with Crippen molar-refractivity contribution in [3.05, 3.63) is 64.1 Å². The Bertz CT molecular complexity index is 641. The molecule has 0 amide bonds. The Morgan fingerprint density at radius 2 is 1.52 bits per heavy atom. The standard InChI is InChI=1S/C20H24BrNO3/c21-18-9-5-16(6-10-18)20(24)17-7-11-19(12-8-17)25-14-4-2-1-3-13-22-15-23/h5-12,22-23H,1-4,13-15H2. The molecule has 0 bridgehead atoms. The highest BCUT2D eigenvalue weighted by molar-refractivity contribution is 9.10. The van der Waals surface area contributed by atoms with Gasteiger partial charge in [-0.25, -0.2) is 0 Å². The number of aliphatic hydroxyl groups is 1. The predicted molar refractivity (Wildman–Crippen MR) is 103 cm³/mol. The lowest BCUT2D eigenvalue weighted by molar-refractivity contribution is 0.103. The predicted octanol–water partition coefficient (Wildman–Crippen LogP) is 4.16. The summed E-state index contributed by atoms with van der Waals surface area (Å²) < 4.78 is 6.67. The van der Waals surface area contributed by atoms with E-state index < -0.39 is 0 Å². The van der Waals surface area contributed by atoms with Gasteiger partial charge in [-0.3, -0.25) is 10.1 Å². The van der Waals surface area contributed by atoms with Crippen molar-refractivity contribution >= 4 is 21.7 Å². The third-order valence-electron chi connectivity index (χ3n) is 3.85. The van der Waals surface area contributed by atoms with Gasteiger partial charge in [0, 0.05) is 15.6 Å². The molecule has 0 spiro atoms. The first-order chi connectivity index (χ1) is 12.2. The molecule has 25 heavy (non-hydrogen) atoms. The average Bonchev–Trinajstić information content (AvgIpc) is 2.64. The fourth-order valence-corrected chi connectivity index (χ4v) is 2.71. The molecular formula is C20H24BrNO3. The highest BCUT2D eigenvalue weighted by Gasteiger charge is 2.08. The fourth-order valence-electron chi connectivity index (χ4n) is 2.45. The van der Waals surface area contributed by atoms with Crippen molar-refractivity contribution in [3.63, 3.8) is 0 Å². The van der Waals surface area contributed by atoms with E-state index in [-0.39, 0.29) is 12.5 Å². The van der Waals surface area contributed by atoms with E-state index in [1.165, 1.54) is 0 Å². The maximum atomic E-state index is 12.4. The number of aliphatic hydroxyl groups excluding tert-OH is 1. The molecule has 0 aliphatic rings. The van der Waals surface area contributed by atoms with Gasteiger partial charge in [-0.05, 0) is 67.9 Å². The van der Waals surface area contributed by atoms with Crippen LogP contribution in [0.3, 0.4) is 0 Å². The van der Waals surface area contributed by atoms with Gasteiger partial charge in [0.1, 0.15) is 5.75 Å². The summed E-state index contributed by atoms with van der Waals surface area (Å²) in [6.45, 7) is 1.57. The van der Waals surface area contributed by atoms with Crippen LogP contribution >= 0.6 is 15.9 Å². The normalized spacial score (nSPS) is 10.6. The number of nitrogens with one attached hydrogen (secondary N) is 1. The Labute approximate surface area is 157 Å². The van der Waals surface area contributed by atoms with E-state index in [0.29, 0.717) is 17.7 Å². The molecule has 0 atom stereocenters. The third-order valence-corrected chi connectivity index (χ3v) is 4.38. The van der Waals surface area contributed by atoms with Gasteiger partial charge in [0.25, 0.3) is 0 Å². The van der Waals surface area contributed by atoms with Gasteiger partial charge in [-0.15, -0.1) is 0 Å². The second kappa shape index (κ2) is 11.0. The van der Waals surface area contributed by atoms with Crippen molar-refractivity contribution in [2.45, 2.75) is 25.7 Å². The lowest BCUT2D eigenvalue weighted by Gasteiger charge is -2.07. The number of ketones is 1. The summed E-state index contributed by atoms with van der Waals surface area (Å²) in [5.74, 6) is 0.796. The number of ether oxygens (including phenoxy) is 1. The number of hydrogen-bond donors (Lipinski definition) is 2. The SMILES string of the molecule is O=C(c1ccc(Br)cc1)c1ccc(OCCCCCCNCO)cc1. The molecule has 0 heterocycles. The molecule has 0 radical (unpaired) electrons. The van der Waals surface area contributed by atoms with Crippen molar-refractivity contribution in [2.24, 2.45) is 0 Å². The molecule has 2 rings (SSSR count). The molecule has 2 aromatic rings. The Balaban J connectivity index is 1.72. The van der Waals surface area contributed by atoms with Crippen molar-refractivity contribution in [2.75, 3.05) is 19.9 Å². The maximum absolute atomic E-state index is 12.4. The summed E-state index contributed by atoms with van der Waals surface area (Å²) in [4.78, 5) is 12.4. The second-order valence-electron chi connectivity index (χ2n) is 5.78. The van der Waals surface area contributed by atoms with Gasteiger partial charge in [0.15, 0.2) is 5.78 Å². The average molecular weight is 406 g/mol. The number of halogens is 1. The molecule has 2 N–H and O–H groups in total. The van der Waals surface area contributed by atoms with E-state index in [0.717, 1.165) is 42.5 Å². The van der Waals surface area contributed by atoms with Gasteiger partial charge in [0.2, 0.25) is 0 Å². The minimum Gasteiger partial charge on any atom is -0.494 e. The molecule has 0 fully saturated rings. The molecule has 0 unspecified atom stereocenters. The largest absolute Gasteiger partial charge is 0.494 e. The number of rotatable bonds is 11. The van der Waals surface area contributed by atoms with Crippen LogP contribution in [0.1, 0.15) is 41.6 Å². The third kappa shape index (κ3) is 6.98. The van der Waals surface area contributed by atoms with E-state index in [4.69, 9.17) is 9.84 Å². The quantitative estimate of drug-likeness (QED) is 0.334. The van der Waals surface area contributed by atoms with Gasteiger partial charge in [0.05, 0.1) is 13.3 Å². The van der Waals surface area contributed by atoms with Crippen LogP contribution in [0.4, 0.5) is 0 Å². The molecule has 0 aliphatic heterocycles. The van der Waals surface area contributed by atoms with Crippen LogP contribution in [0.25, 0.3) is 0 Å². The molecule has 134 valence electrons. The first-order valence-electron chi connectivity index (χ1n) is 8.55. The molecule has 4 nitrogen and oxygen atoms in total. The Kier molecular flexibility index (Phi) is 8.66. The molecule has 2 aromatic carbocycles. The Hall–Kier alpha value is -1.69. The highest BCUT2D eigenvalue weighted by atomic mass is 79.9. The van der Waals surface area contributed by atoms with E-state index in [9.17, 15) is 4.79 Å². The number of carbonyl (C=O) groups excluding carboxylic acids is 1. The summed E-state index contributed by atoms with van der Waals surface area (Å²) in [7, 11) is 0. The van der Waals surface area contributed by atoms with Crippen molar-refractivity contribution in [1.29, 1.82) is 0 Å². The number of unbranched alkanes of at least 4 members (excludes halogenated alkanes) is 3. The van der Waals surface area contributed by atoms with Crippen LogP contribution in [-0.2, 0) is 0 Å². The molecule has 0 aliphatic carbocycles. The lowest BCUT2D eigenvalue weighted by Crippen LogP contribution is -2.15. The number of carbonyl (C=O) groups is 1. The van der Waals surface area contributed by atoms with Crippen LogP contribution in [0.15, 0.2) is 53.0 Å². The zero-order valence-corrected chi connectivity index (χ0v) is 15.8. The zero-order valence-electron chi connectivity index (χ0n) is 14.2. The highest BCUT2D eigenvalue weighted by Crippen LogP contribution is 2.17. The summed E-state index contributed by atoms with van der Waals surface area (Å²) in [5.41, 5.74) is 1.33. The van der Waals surface area contributed by atoms with Crippen LogP contribution in [-0.4, -0.2) is 30.8 Å². The van der Waals surface area contributed by atoms with Crippen LogP contribution in [0, 0.1) is 0 Å². The van der Waals surface area contributed by atoms with Gasteiger partial charge in [-0.2, -0.15) is 0 Å². The maximum Gasteiger partial charge on any atom is 0.193 e. The second-order valence-corrected chi connectivity index (χ2v) is 6.70. The Morgan fingerprint density at radius 3 is 2.16 bits per heavy atom. The smallest absolute Gasteiger partial charge is 0.193 e. The van der Waals surface area contributed by atoms with Gasteiger partial charge < -0.3 is 9.84 Å². The number of benzene rings is 2. The lowest BCUT2D eigenvalue weighted by atomic mass is 10.0. The van der Waals surface area contributed by atoms with Crippen LogP contribution in [0.5, 0.6) is 5.75 Å². The molecule has 0 saturated carbocycles. The first-order valence-corrected chi connectivity index (χ1v) is 9.34. The van der Waals surface area contributed by atoms with E-state index in [1.54, 1.807) is 12.1 Å². The fraction of sp³-hybridized carbons (Fsp3) is 0.350. The van der Waals surface area contributed by atoms with Crippen molar-refractivity contribution in [3.8, 4) is 5.75 Å². The number of hydrogen-bond acceptors (Lipinski definition) is 4. The molecule has 5 heteroatoms. The first kappa shape index (κ1) is 19.6. The van der Waals surface area contributed by atoms with Crippen LogP contribution < -0.4 is 10.1 Å². The Morgan fingerprint density at radius 1 is 0.920 bits per heavy atom. The summed E-state index contributed by atoms with van der Waals surface area (Å²) >= 11 is 3.37. The minimum absolute atomic E-state index is 0.00976. The molecule has 0 saturated heterocycles. The van der Waals surface area contributed by atoms with Crippen molar-refractivity contribution < 1.29 is 14.6 Å². The molecular weight excluding hydrogens is 382 g/mol. The van der Waals surface area contributed by atoms with E-state index >= 15 is 0 Å². The topological polar surface area (TPSA) is 58.6 Å². The summed E-state index contributed by atoms with van der Waals surface area (Å²) in [5, 5.41) is 11.5.